The molecule has 2 aromatic rings. The first kappa shape index (κ1) is 23.2. The van der Waals surface area contributed by atoms with Crippen LogP contribution in [0.5, 0.6) is 0 Å². The van der Waals surface area contributed by atoms with Crippen LogP contribution in [0.15, 0.2) is 24.7 Å². The van der Waals surface area contributed by atoms with E-state index in [1.807, 2.05) is 0 Å². The van der Waals surface area contributed by atoms with Crippen molar-refractivity contribution in [3.63, 3.8) is 0 Å². The third-order valence-corrected chi connectivity index (χ3v) is 6.36. The molecule has 10 nitrogen and oxygen atoms in total. The molecule has 0 aromatic carbocycles. The van der Waals surface area contributed by atoms with Gasteiger partial charge in [0.05, 0.1) is 23.1 Å². The first-order valence-electron chi connectivity index (χ1n) is 11.1. The molecule has 0 bridgehead atoms. The number of anilines is 2. The fourth-order valence-electron chi connectivity index (χ4n) is 4.24. The van der Waals surface area contributed by atoms with Crippen molar-refractivity contribution in [1.82, 2.24) is 20.3 Å². The van der Waals surface area contributed by atoms with E-state index in [4.69, 9.17) is 21.4 Å². The highest BCUT2D eigenvalue weighted by Gasteiger charge is 2.31. The van der Waals surface area contributed by atoms with E-state index in [0.29, 0.717) is 53.1 Å². The summed E-state index contributed by atoms with van der Waals surface area (Å²) >= 11 is 6.37. The van der Waals surface area contributed by atoms with E-state index in [9.17, 15) is 9.59 Å². The number of hydrogen-bond acceptors (Lipinski definition) is 7. The average molecular weight is 475 g/mol. The summed E-state index contributed by atoms with van der Waals surface area (Å²) in [5.41, 5.74) is 1.18. The number of amides is 2. The number of nitrogens with zero attached hydrogens (tertiary/aromatic N) is 3. The number of halogens is 1. The van der Waals surface area contributed by atoms with Crippen LogP contribution in [0.3, 0.4) is 0 Å². The molecule has 2 amide bonds. The molecule has 4 N–H and O–H groups in total. The van der Waals surface area contributed by atoms with Gasteiger partial charge in [0, 0.05) is 43.5 Å². The molecule has 1 saturated carbocycles. The van der Waals surface area contributed by atoms with Gasteiger partial charge in [-0.2, -0.15) is 0 Å². The van der Waals surface area contributed by atoms with Crippen molar-refractivity contribution in [1.29, 1.82) is 0 Å². The first-order valence-corrected chi connectivity index (χ1v) is 11.5. The molecule has 176 valence electrons. The van der Waals surface area contributed by atoms with Crippen LogP contribution in [0, 0.1) is 11.8 Å². The molecule has 0 unspecified atom stereocenters. The molecule has 2 fully saturated rings. The number of nitrogens with one attached hydrogen (secondary N) is 3. The van der Waals surface area contributed by atoms with Crippen LogP contribution in [0.2, 0.25) is 5.02 Å². The lowest BCUT2D eigenvalue weighted by molar-refractivity contribution is -0.119. The van der Waals surface area contributed by atoms with E-state index in [0.717, 1.165) is 32.6 Å². The molecule has 3 heterocycles. The predicted molar refractivity (Wildman–Crippen MR) is 123 cm³/mol. The highest BCUT2D eigenvalue weighted by atomic mass is 35.5. The molecule has 1 aliphatic heterocycles. The minimum Gasteiger partial charge on any atom is -0.465 e. The van der Waals surface area contributed by atoms with Crippen molar-refractivity contribution in [3.8, 4) is 11.3 Å². The Balaban J connectivity index is 1.41. The number of ether oxygens (including phenoxy) is 1. The van der Waals surface area contributed by atoms with E-state index in [1.165, 1.54) is 6.20 Å². The molecule has 33 heavy (non-hydrogen) atoms. The third kappa shape index (κ3) is 6.29. The van der Waals surface area contributed by atoms with Gasteiger partial charge in [-0.25, -0.2) is 14.8 Å². The zero-order valence-electron chi connectivity index (χ0n) is 18.1. The second kappa shape index (κ2) is 10.8. The summed E-state index contributed by atoms with van der Waals surface area (Å²) in [6, 6.07) is 1.47. The minimum atomic E-state index is -1.07. The fourth-order valence-corrected chi connectivity index (χ4v) is 4.44. The van der Waals surface area contributed by atoms with Crippen molar-refractivity contribution in [2.45, 2.75) is 38.1 Å². The second-order valence-electron chi connectivity index (χ2n) is 8.42. The quantitative estimate of drug-likeness (QED) is 0.479. The summed E-state index contributed by atoms with van der Waals surface area (Å²) in [5.74, 6) is 1.08. The largest absolute Gasteiger partial charge is 0.465 e. The molecule has 11 heteroatoms. The summed E-state index contributed by atoms with van der Waals surface area (Å²) in [6.45, 7) is 2.37. The number of hydrogen-bond donors (Lipinski definition) is 4. The average Bonchev–Trinajstić information content (AvgIpc) is 3.28. The summed E-state index contributed by atoms with van der Waals surface area (Å²) in [7, 11) is 0. The van der Waals surface area contributed by atoms with Gasteiger partial charge >= 0.3 is 6.09 Å². The van der Waals surface area contributed by atoms with Crippen LogP contribution in [0.4, 0.5) is 16.4 Å². The maximum absolute atomic E-state index is 12.7. The molecule has 2 atom stereocenters. The van der Waals surface area contributed by atoms with Gasteiger partial charge in [-0.1, -0.05) is 11.6 Å². The van der Waals surface area contributed by atoms with Gasteiger partial charge in [0.25, 0.3) is 0 Å². The fraction of sp³-hybridized carbons (Fsp3) is 0.500. The first-order chi connectivity index (χ1) is 16.0. The smallest absolute Gasteiger partial charge is 0.404 e. The third-order valence-electron chi connectivity index (χ3n) is 6.06. The van der Waals surface area contributed by atoms with Gasteiger partial charge in [0.1, 0.15) is 11.6 Å². The van der Waals surface area contributed by atoms with Crippen LogP contribution in [-0.2, 0) is 9.53 Å². The number of carbonyl (C=O) groups excluding carboxylic acids is 1. The molecule has 2 aliphatic rings. The normalized spacial score (nSPS) is 20.9. The van der Waals surface area contributed by atoms with Gasteiger partial charge in [-0.3, -0.25) is 9.78 Å². The van der Waals surface area contributed by atoms with Crippen molar-refractivity contribution in [2.24, 2.45) is 11.8 Å². The van der Waals surface area contributed by atoms with Crippen LogP contribution in [0.25, 0.3) is 11.3 Å². The summed E-state index contributed by atoms with van der Waals surface area (Å²) in [4.78, 5) is 36.6. The van der Waals surface area contributed by atoms with Crippen LogP contribution >= 0.6 is 11.6 Å². The zero-order valence-corrected chi connectivity index (χ0v) is 18.8. The van der Waals surface area contributed by atoms with Gasteiger partial charge < -0.3 is 25.8 Å². The minimum absolute atomic E-state index is 0.191. The Hall–Kier alpha value is -2.98. The summed E-state index contributed by atoms with van der Waals surface area (Å²) < 4.78 is 5.40. The lowest BCUT2D eigenvalue weighted by atomic mass is 10.0. The second-order valence-corrected chi connectivity index (χ2v) is 8.83. The number of rotatable bonds is 7. The highest BCUT2D eigenvalue weighted by Crippen LogP contribution is 2.30. The maximum Gasteiger partial charge on any atom is 0.404 e. The molecular weight excluding hydrogens is 448 g/mol. The van der Waals surface area contributed by atoms with Crippen LogP contribution in [-0.4, -0.2) is 57.9 Å². The monoisotopic (exact) mass is 474 g/mol. The Labute approximate surface area is 196 Å². The zero-order chi connectivity index (χ0) is 23.2. The van der Waals surface area contributed by atoms with E-state index >= 15 is 0 Å². The molecular formula is C22H27ClN6O4. The Morgan fingerprint density at radius 2 is 1.94 bits per heavy atom. The number of pyridine rings is 1. The van der Waals surface area contributed by atoms with Gasteiger partial charge in [0.2, 0.25) is 5.91 Å². The number of aromatic nitrogens is 3. The lowest BCUT2D eigenvalue weighted by Crippen LogP contribution is -2.32. The van der Waals surface area contributed by atoms with Gasteiger partial charge in [-0.15, -0.1) is 0 Å². The Bertz CT molecular complexity index is 1000. The van der Waals surface area contributed by atoms with Crippen molar-refractivity contribution in [3.05, 3.63) is 29.7 Å². The predicted octanol–water partition coefficient (Wildman–Crippen LogP) is 3.41. The highest BCUT2D eigenvalue weighted by molar-refractivity contribution is 6.33. The molecule has 0 radical (unpaired) electrons. The number of carboxylic acid groups (broad SMARTS) is 1. The van der Waals surface area contributed by atoms with Crippen molar-refractivity contribution < 1.29 is 19.4 Å². The van der Waals surface area contributed by atoms with Crippen molar-refractivity contribution >= 4 is 35.2 Å². The topological polar surface area (TPSA) is 138 Å². The van der Waals surface area contributed by atoms with E-state index in [2.05, 4.69) is 30.9 Å². The standard InChI is InChI=1S/C22H27ClN6O4/c23-17-10-26-19(29-21(30)14-1-2-15(7-14)27-22(31)32)8-16(17)18-11-24-12-20(28-18)25-9-13-3-5-33-6-4-13/h8,10-15,27H,1-7,9H2,(H,25,28)(H,31,32)(H,26,29,30)/t14-,15+/m1/s1. The molecule has 0 spiro atoms. The van der Waals surface area contributed by atoms with Crippen LogP contribution < -0.4 is 16.0 Å². The van der Waals surface area contributed by atoms with Crippen LogP contribution in [0.1, 0.15) is 32.1 Å². The van der Waals surface area contributed by atoms with Crippen molar-refractivity contribution in [2.75, 3.05) is 30.4 Å². The van der Waals surface area contributed by atoms with E-state index < -0.39 is 6.09 Å². The summed E-state index contributed by atoms with van der Waals surface area (Å²) in [5, 5.41) is 17.9. The molecule has 2 aromatic heterocycles. The Morgan fingerprint density at radius 1 is 1.12 bits per heavy atom. The SMILES string of the molecule is O=C(O)N[C@H]1CC[C@@H](C(=O)Nc2cc(-c3cncc(NCC4CCOCC4)n3)c(Cl)cn2)C1. The van der Waals surface area contributed by atoms with E-state index in [-0.39, 0.29) is 17.9 Å². The maximum atomic E-state index is 12.7. The van der Waals surface area contributed by atoms with Gasteiger partial charge in [0.15, 0.2) is 0 Å². The molecule has 4 rings (SSSR count). The Kier molecular flexibility index (Phi) is 7.56. The van der Waals surface area contributed by atoms with Gasteiger partial charge in [-0.05, 0) is 44.1 Å². The number of carbonyl (C=O) groups is 2. The molecule has 1 aliphatic carbocycles. The Morgan fingerprint density at radius 3 is 2.73 bits per heavy atom. The molecule has 1 saturated heterocycles. The lowest BCUT2D eigenvalue weighted by Gasteiger charge is -2.22. The van der Waals surface area contributed by atoms with E-state index in [1.54, 1.807) is 18.5 Å². The summed E-state index contributed by atoms with van der Waals surface area (Å²) in [6.07, 6.45) is 7.44.